The van der Waals surface area contributed by atoms with Crippen molar-refractivity contribution >= 4 is 11.6 Å². The molecule has 1 aromatic heterocycles. The van der Waals surface area contributed by atoms with Crippen LogP contribution >= 0.6 is 0 Å². The molecule has 18 heavy (non-hydrogen) atoms. The van der Waals surface area contributed by atoms with Crippen molar-refractivity contribution in [3.8, 4) is 0 Å². The minimum Gasteiger partial charge on any atom is -0.397 e. The molecule has 1 aliphatic rings. The third-order valence-electron chi connectivity index (χ3n) is 3.54. The number of piperazine rings is 1. The molecule has 2 rings (SSSR count). The van der Waals surface area contributed by atoms with Gasteiger partial charge in [0.1, 0.15) is 5.69 Å². The van der Waals surface area contributed by atoms with Crippen LogP contribution in [0.15, 0.2) is 18.3 Å². The van der Waals surface area contributed by atoms with E-state index in [1.165, 1.54) is 6.20 Å². The first-order valence-corrected chi connectivity index (χ1v) is 6.33. The number of amides is 1. The van der Waals surface area contributed by atoms with Crippen LogP contribution in [0, 0.1) is 0 Å². The predicted molar refractivity (Wildman–Crippen MR) is 71.3 cm³/mol. The van der Waals surface area contributed by atoms with Gasteiger partial charge in [-0.1, -0.05) is 6.92 Å². The van der Waals surface area contributed by atoms with Crippen LogP contribution in [0.3, 0.4) is 0 Å². The summed E-state index contributed by atoms with van der Waals surface area (Å²) in [4.78, 5) is 20.6. The van der Waals surface area contributed by atoms with E-state index in [0.29, 0.717) is 17.4 Å². The first-order chi connectivity index (χ1) is 8.61. The number of carbonyl (C=O) groups is 1. The molecule has 98 valence electrons. The molecule has 2 N–H and O–H groups in total. The van der Waals surface area contributed by atoms with Crippen molar-refractivity contribution in [1.82, 2.24) is 14.8 Å². The second-order valence-corrected chi connectivity index (χ2v) is 4.77. The van der Waals surface area contributed by atoms with Crippen molar-refractivity contribution in [2.75, 3.05) is 32.4 Å². The maximum Gasteiger partial charge on any atom is 0.272 e. The molecule has 5 nitrogen and oxygen atoms in total. The summed E-state index contributed by atoms with van der Waals surface area (Å²) in [5.74, 6) is 0.00144. The van der Waals surface area contributed by atoms with E-state index in [-0.39, 0.29) is 5.91 Å². The molecule has 0 aliphatic carbocycles. The Morgan fingerprint density at radius 1 is 1.50 bits per heavy atom. The second kappa shape index (κ2) is 5.35. The van der Waals surface area contributed by atoms with Gasteiger partial charge in [0.25, 0.3) is 5.91 Å². The van der Waals surface area contributed by atoms with Crippen LogP contribution in [0.1, 0.15) is 23.8 Å². The monoisotopic (exact) mass is 248 g/mol. The van der Waals surface area contributed by atoms with Gasteiger partial charge in [0.15, 0.2) is 0 Å². The average Bonchev–Trinajstić information content (AvgIpc) is 2.39. The number of carbonyl (C=O) groups excluding carboxylic acids is 1. The smallest absolute Gasteiger partial charge is 0.272 e. The van der Waals surface area contributed by atoms with Crippen molar-refractivity contribution in [1.29, 1.82) is 0 Å². The number of nitrogens with zero attached hydrogens (tertiary/aromatic N) is 3. The van der Waals surface area contributed by atoms with E-state index >= 15 is 0 Å². The minimum absolute atomic E-state index is 0.00144. The second-order valence-electron chi connectivity index (χ2n) is 4.77. The van der Waals surface area contributed by atoms with Gasteiger partial charge in [0, 0.05) is 25.7 Å². The molecule has 1 aromatic rings. The highest BCUT2D eigenvalue weighted by molar-refractivity contribution is 5.92. The number of rotatable bonds is 2. The molecule has 1 fully saturated rings. The fraction of sp³-hybridized carbons (Fsp3) is 0.538. The summed E-state index contributed by atoms with van der Waals surface area (Å²) in [5.41, 5.74) is 6.63. The summed E-state index contributed by atoms with van der Waals surface area (Å²) in [6.07, 6.45) is 2.58. The van der Waals surface area contributed by atoms with Gasteiger partial charge in [-0.3, -0.25) is 9.69 Å². The lowest BCUT2D eigenvalue weighted by atomic mass is 10.1. The zero-order valence-corrected chi connectivity index (χ0v) is 11.0. The van der Waals surface area contributed by atoms with Crippen molar-refractivity contribution < 1.29 is 4.79 Å². The maximum absolute atomic E-state index is 12.3. The van der Waals surface area contributed by atoms with E-state index in [1.807, 2.05) is 4.90 Å². The van der Waals surface area contributed by atoms with Gasteiger partial charge in [0.05, 0.1) is 11.9 Å². The molecular formula is C13H20N4O. The lowest BCUT2D eigenvalue weighted by Crippen LogP contribution is -2.53. The Bertz CT molecular complexity index is 418. The zero-order chi connectivity index (χ0) is 13.1. The number of likely N-dealkylation sites (N-methyl/N-ethyl adjacent to an activating group) is 1. The van der Waals surface area contributed by atoms with E-state index in [9.17, 15) is 4.79 Å². The largest absolute Gasteiger partial charge is 0.397 e. The van der Waals surface area contributed by atoms with Gasteiger partial charge >= 0.3 is 0 Å². The topological polar surface area (TPSA) is 62.5 Å². The number of hydrogen-bond donors (Lipinski definition) is 1. The summed E-state index contributed by atoms with van der Waals surface area (Å²) in [6, 6.07) is 3.85. The van der Waals surface area contributed by atoms with E-state index in [4.69, 9.17) is 5.73 Å². The van der Waals surface area contributed by atoms with E-state index < -0.39 is 0 Å². The third kappa shape index (κ3) is 2.61. The van der Waals surface area contributed by atoms with Gasteiger partial charge in [-0.2, -0.15) is 0 Å². The van der Waals surface area contributed by atoms with Gasteiger partial charge in [-0.25, -0.2) is 4.98 Å². The molecule has 1 unspecified atom stereocenters. The van der Waals surface area contributed by atoms with Crippen LogP contribution in [0.5, 0.6) is 0 Å². The molecule has 1 atom stereocenters. The standard InChI is InChI=1S/C13H20N4O/c1-3-11-9-17(7-6-16(11)2)13(18)12-5-4-10(14)8-15-12/h4-5,8,11H,3,6-7,9,14H2,1-2H3. The number of nitrogen functional groups attached to an aromatic ring is 1. The third-order valence-corrected chi connectivity index (χ3v) is 3.54. The molecule has 0 bridgehead atoms. The Morgan fingerprint density at radius 2 is 2.28 bits per heavy atom. The number of aromatic nitrogens is 1. The highest BCUT2D eigenvalue weighted by atomic mass is 16.2. The Hall–Kier alpha value is -1.62. The Morgan fingerprint density at radius 3 is 2.89 bits per heavy atom. The zero-order valence-electron chi connectivity index (χ0n) is 11.0. The number of nitrogens with two attached hydrogens (primary N) is 1. The van der Waals surface area contributed by atoms with Gasteiger partial charge in [-0.15, -0.1) is 0 Å². The fourth-order valence-electron chi connectivity index (χ4n) is 2.27. The lowest BCUT2D eigenvalue weighted by Gasteiger charge is -2.38. The first-order valence-electron chi connectivity index (χ1n) is 6.33. The highest BCUT2D eigenvalue weighted by Gasteiger charge is 2.27. The normalized spacial score (nSPS) is 21.0. The Labute approximate surface area is 108 Å². The molecule has 5 heteroatoms. The SMILES string of the molecule is CCC1CN(C(=O)c2ccc(N)cn2)CCN1C. The molecule has 2 heterocycles. The van der Waals surface area contributed by atoms with Gasteiger partial charge in [0.2, 0.25) is 0 Å². The lowest BCUT2D eigenvalue weighted by molar-refractivity contribution is 0.0536. The summed E-state index contributed by atoms with van der Waals surface area (Å²) in [5, 5.41) is 0. The minimum atomic E-state index is 0.00144. The summed E-state index contributed by atoms with van der Waals surface area (Å²) < 4.78 is 0. The molecule has 0 saturated carbocycles. The maximum atomic E-state index is 12.3. The first kappa shape index (κ1) is 12.8. The Kier molecular flexibility index (Phi) is 3.81. The van der Waals surface area contributed by atoms with Crippen LogP contribution < -0.4 is 5.73 Å². The molecule has 0 aromatic carbocycles. The summed E-state index contributed by atoms with van der Waals surface area (Å²) in [7, 11) is 2.11. The number of hydrogen-bond acceptors (Lipinski definition) is 4. The van der Waals surface area contributed by atoms with Gasteiger partial charge in [-0.05, 0) is 25.6 Å². The molecule has 1 amide bonds. The molecule has 0 radical (unpaired) electrons. The highest BCUT2D eigenvalue weighted by Crippen LogP contribution is 2.13. The summed E-state index contributed by atoms with van der Waals surface area (Å²) in [6.45, 7) is 4.60. The predicted octanol–water partition coefficient (Wildman–Crippen LogP) is 0.830. The van der Waals surface area contributed by atoms with Crippen molar-refractivity contribution in [3.05, 3.63) is 24.0 Å². The summed E-state index contributed by atoms with van der Waals surface area (Å²) >= 11 is 0. The average molecular weight is 248 g/mol. The quantitative estimate of drug-likeness (QED) is 0.842. The van der Waals surface area contributed by atoms with E-state index in [0.717, 1.165) is 26.1 Å². The van der Waals surface area contributed by atoms with Crippen LogP contribution in [0.4, 0.5) is 5.69 Å². The molecular weight excluding hydrogens is 228 g/mol. The van der Waals surface area contributed by atoms with Crippen LogP contribution in [0.2, 0.25) is 0 Å². The van der Waals surface area contributed by atoms with Crippen molar-refractivity contribution in [3.63, 3.8) is 0 Å². The van der Waals surface area contributed by atoms with Crippen molar-refractivity contribution in [2.45, 2.75) is 19.4 Å². The fourth-order valence-corrected chi connectivity index (χ4v) is 2.27. The van der Waals surface area contributed by atoms with Crippen LogP contribution in [0.25, 0.3) is 0 Å². The molecule has 1 aliphatic heterocycles. The van der Waals surface area contributed by atoms with Crippen LogP contribution in [-0.2, 0) is 0 Å². The molecule has 0 spiro atoms. The van der Waals surface area contributed by atoms with Crippen LogP contribution in [-0.4, -0.2) is 53.4 Å². The van der Waals surface area contributed by atoms with E-state index in [1.54, 1.807) is 12.1 Å². The van der Waals surface area contributed by atoms with Gasteiger partial charge < -0.3 is 10.6 Å². The molecule has 1 saturated heterocycles. The number of pyridine rings is 1. The Balaban J connectivity index is 2.07. The van der Waals surface area contributed by atoms with E-state index in [2.05, 4.69) is 23.9 Å². The van der Waals surface area contributed by atoms with Crippen molar-refractivity contribution in [2.24, 2.45) is 0 Å². The number of anilines is 1.